The van der Waals surface area contributed by atoms with Gasteiger partial charge in [0.1, 0.15) is 11.6 Å². The summed E-state index contributed by atoms with van der Waals surface area (Å²) in [5.74, 6) is -1.92. The van der Waals surface area contributed by atoms with E-state index in [0.29, 0.717) is 17.2 Å². The number of carbonyl (C=O) groups is 1. The summed E-state index contributed by atoms with van der Waals surface area (Å²) in [4.78, 5) is 11.3. The van der Waals surface area contributed by atoms with Gasteiger partial charge in [0.2, 0.25) is 0 Å². The van der Waals surface area contributed by atoms with Crippen molar-refractivity contribution in [2.75, 3.05) is 0 Å². The van der Waals surface area contributed by atoms with Gasteiger partial charge in [-0.05, 0) is 35.4 Å². The second kappa shape index (κ2) is 7.90. The van der Waals surface area contributed by atoms with E-state index in [1.807, 2.05) is 6.07 Å². The number of nitrogens with two attached hydrogens (primary N) is 1. The number of urea groups is 1. The average Bonchev–Trinajstić information content (AvgIpc) is 2.58. The van der Waals surface area contributed by atoms with E-state index in [2.05, 4.69) is 10.1 Å². The molecule has 0 aliphatic rings. The fourth-order valence-corrected chi connectivity index (χ4v) is 2.26. The Morgan fingerprint density at radius 3 is 2.30 bits per heavy atom. The second-order valence-corrected chi connectivity index (χ2v) is 5.36. The molecule has 0 radical (unpaired) electrons. The van der Waals surface area contributed by atoms with E-state index in [1.165, 1.54) is 24.3 Å². The minimum Gasteiger partial charge on any atom is -0.428 e. The molecule has 27 heavy (non-hydrogen) atoms. The lowest BCUT2D eigenvalue weighted by Crippen LogP contribution is -2.34. The molecular formula is C17H12F5N3O2. The van der Waals surface area contributed by atoms with E-state index in [9.17, 15) is 26.7 Å². The molecular weight excluding hydrogens is 373 g/mol. The molecule has 2 aromatic carbocycles. The number of amides is 2. The number of ether oxygens (including phenoxy) is 1. The molecule has 0 spiro atoms. The number of carbonyl (C=O) groups excluding carboxylic acids is 1. The molecule has 2 aromatic rings. The van der Waals surface area contributed by atoms with Crippen LogP contribution in [0.1, 0.15) is 22.7 Å². The monoisotopic (exact) mass is 385 g/mol. The molecule has 0 saturated carbocycles. The first-order valence-electron chi connectivity index (χ1n) is 7.34. The first-order chi connectivity index (χ1) is 12.6. The first kappa shape index (κ1) is 20.0. The number of benzene rings is 2. The number of rotatable bonds is 6. The van der Waals surface area contributed by atoms with Crippen molar-refractivity contribution in [3.05, 3.63) is 65.0 Å². The minimum absolute atomic E-state index is 0.0847. The summed E-state index contributed by atoms with van der Waals surface area (Å²) in [6.45, 7) is 0. The van der Waals surface area contributed by atoms with Crippen LogP contribution in [0.15, 0.2) is 42.5 Å². The Hall–Kier alpha value is -3.35. The third kappa shape index (κ3) is 5.07. The van der Waals surface area contributed by atoms with Gasteiger partial charge in [0.25, 0.3) is 0 Å². The predicted octanol–water partition coefficient (Wildman–Crippen LogP) is 3.69. The normalized spacial score (nSPS) is 12.3. The van der Waals surface area contributed by atoms with Gasteiger partial charge in [-0.1, -0.05) is 12.1 Å². The molecule has 1 atom stereocenters. The van der Waals surface area contributed by atoms with Crippen LogP contribution in [0.25, 0.3) is 0 Å². The largest absolute Gasteiger partial charge is 0.461 e. The third-order valence-electron chi connectivity index (χ3n) is 3.39. The quantitative estimate of drug-likeness (QED) is 0.744. The number of hydrogen-bond acceptors (Lipinski definition) is 3. The summed E-state index contributed by atoms with van der Waals surface area (Å²) in [6, 6.07) is 7.72. The minimum atomic E-state index is -4.83. The molecule has 2 amide bonds. The molecule has 0 heterocycles. The Bertz CT molecular complexity index is 866. The van der Waals surface area contributed by atoms with Crippen LogP contribution in [0.2, 0.25) is 0 Å². The van der Waals surface area contributed by atoms with Gasteiger partial charge in [-0.3, -0.25) is 0 Å². The number of nitrogens with zero attached hydrogens (tertiary/aromatic N) is 1. The van der Waals surface area contributed by atoms with Gasteiger partial charge in [-0.15, -0.1) is 0 Å². The standard InChI is InChI=1S/C17H12F5N3O2/c18-12-5-11(6-13(7-12)27-17(21,22)15(19)20)14(25-16(24)26)10-3-1-9(8-23)2-4-10/h1-7,14-15H,(H3,24,25,26)/t14-/m1/s1. The highest BCUT2D eigenvalue weighted by atomic mass is 19.3. The van der Waals surface area contributed by atoms with E-state index < -0.39 is 36.2 Å². The van der Waals surface area contributed by atoms with E-state index in [-0.39, 0.29) is 5.56 Å². The van der Waals surface area contributed by atoms with E-state index in [1.54, 1.807) is 0 Å². The van der Waals surface area contributed by atoms with Gasteiger partial charge in [0.15, 0.2) is 0 Å². The molecule has 0 aliphatic heterocycles. The number of nitriles is 1. The summed E-state index contributed by atoms with van der Waals surface area (Å²) >= 11 is 0. The van der Waals surface area contributed by atoms with Crippen molar-refractivity contribution < 1.29 is 31.5 Å². The Morgan fingerprint density at radius 1 is 1.15 bits per heavy atom. The van der Waals surface area contributed by atoms with Crippen LogP contribution in [0, 0.1) is 17.1 Å². The van der Waals surface area contributed by atoms with Gasteiger partial charge in [-0.2, -0.15) is 22.8 Å². The molecule has 10 heteroatoms. The van der Waals surface area contributed by atoms with Gasteiger partial charge < -0.3 is 15.8 Å². The zero-order valence-corrected chi connectivity index (χ0v) is 13.4. The van der Waals surface area contributed by atoms with Crippen molar-refractivity contribution in [3.63, 3.8) is 0 Å². The second-order valence-electron chi connectivity index (χ2n) is 5.36. The number of halogens is 5. The molecule has 0 saturated heterocycles. The van der Waals surface area contributed by atoms with Gasteiger partial charge in [0.05, 0.1) is 17.7 Å². The van der Waals surface area contributed by atoms with Crippen LogP contribution in [0.4, 0.5) is 26.7 Å². The SMILES string of the molecule is N#Cc1ccc([C@@H](NC(N)=O)c2cc(F)cc(OC(F)(F)C(F)F)c2)cc1. The summed E-state index contributed by atoms with van der Waals surface area (Å²) in [7, 11) is 0. The Kier molecular flexibility index (Phi) is 5.85. The molecule has 142 valence electrons. The summed E-state index contributed by atoms with van der Waals surface area (Å²) in [5, 5.41) is 11.1. The van der Waals surface area contributed by atoms with Crippen molar-refractivity contribution in [2.24, 2.45) is 5.73 Å². The van der Waals surface area contributed by atoms with Crippen LogP contribution < -0.4 is 15.8 Å². The molecule has 0 aromatic heterocycles. The highest BCUT2D eigenvalue weighted by Gasteiger charge is 2.44. The molecule has 2 rings (SSSR count). The van der Waals surface area contributed by atoms with Crippen LogP contribution >= 0.6 is 0 Å². The van der Waals surface area contributed by atoms with Crippen LogP contribution in [-0.4, -0.2) is 18.6 Å². The smallest absolute Gasteiger partial charge is 0.428 e. The topological polar surface area (TPSA) is 88.1 Å². The van der Waals surface area contributed by atoms with Gasteiger partial charge in [0, 0.05) is 6.07 Å². The molecule has 0 aliphatic carbocycles. The van der Waals surface area contributed by atoms with E-state index in [4.69, 9.17) is 11.0 Å². The number of nitrogens with one attached hydrogen (secondary N) is 1. The highest BCUT2D eigenvalue weighted by Crippen LogP contribution is 2.31. The lowest BCUT2D eigenvalue weighted by molar-refractivity contribution is -0.253. The van der Waals surface area contributed by atoms with E-state index in [0.717, 1.165) is 12.1 Å². The maximum absolute atomic E-state index is 13.8. The molecule has 3 N–H and O–H groups in total. The maximum Gasteiger partial charge on any atom is 0.461 e. The fourth-order valence-electron chi connectivity index (χ4n) is 2.26. The summed E-state index contributed by atoms with van der Waals surface area (Å²) in [5.41, 5.74) is 5.65. The van der Waals surface area contributed by atoms with Crippen LogP contribution in [0.5, 0.6) is 5.75 Å². The summed E-state index contributed by atoms with van der Waals surface area (Å²) < 4.78 is 68.5. The lowest BCUT2D eigenvalue weighted by Gasteiger charge is -2.21. The maximum atomic E-state index is 13.8. The van der Waals surface area contributed by atoms with Crippen LogP contribution in [0.3, 0.4) is 0 Å². The Morgan fingerprint density at radius 2 is 1.78 bits per heavy atom. The fraction of sp³-hybridized carbons (Fsp3) is 0.176. The van der Waals surface area contributed by atoms with Crippen molar-refractivity contribution in [2.45, 2.75) is 18.6 Å². The van der Waals surface area contributed by atoms with Gasteiger partial charge >= 0.3 is 18.6 Å². The third-order valence-corrected chi connectivity index (χ3v) is 3.39. The van der Waals surface area contributed by atoms with Crippen molar-refractivity contribution in [3.8, 4) is 11.8 Å². The van der Waals surface area contributed by atoms with Crippen LogP contribution in [-0.2, 0) is 0 Å². The predicted molar refractivity (Wildman–Crippen MR) is 83.7 cm³/mol. The molecule has 0 bridgehead atoms. The summed E-state index contributed by atoms with van der Waals surface area (Å²) in [6.07, 6.45) is -8.95. The average molecular weight is 385 g/mol. The van der Waals surface area contributed by atoms with E-state index >= 15 is 0 Å². The van der Waals surface area contributed by atoms with Crippen molar-refractivity contribution in [1.82, 2.24) is 5.32 Å². The molecule has 5 nitrogen and oxygen atoms in total. The van der Waals surface area contributed by atoms with Crippen molar-refractivity contribution in [1.29, 1.82) is 5.26 Å². The molecule has 0 unspecified atom stereocenters. The zero-order valence-electron chi connectivity index (χ0n) is 13.4. The number of primary amides is 1. The molecule has 0 fully saturated rings. The number of alkyl halides is 4. The lowest BCUT2D eigenvalue weighted by atomic mass is 9.97. The van der Waals surface area contributed by atoms with Gasteiger partial charge in [-0.25, -0.2) is 9.18 Å². The van der Waals surface area contributed by atoms with Crippen molar-refractivity contribution >= 4 is 6.03 Å². The Balaban J connectivity index is 2.46. The first-order valence-corrected chi connectivity index (χ1v) is 7.34. The Labute approximate surface area is 150 Å². The highest BCUT2D eigenvalue weighted by molar-refractivity contribution is 5.73. The zero-order chi connectivity index (χ0) is 20.2. The number of hydrogen-bond donors (Lipinski definition) is 2.